The SMILES string of the molecule is CC(C)(C)c1ccc(N(c2ccc(C(C)(C)C)cc2)c2cc3c(c4c2-c2ccccc2C4(C)C)N(c2ccc(C(C)(C)C)cc2)c2cccc4c2B3c2cc(C(C)(C)C)ccc2O4)cc1. The van der Waals surface area contributed by atoms with Crippen LogP contribution in [0.3, 0.4) is 0 Å². The van der Waals surface area contributed by atoms with Crippen LogP contribution in [0.1, 0.15) is 130 Å². The van der Waals surface area contributed by atoms with Crippen molar-refractivity contribution in [1.29, 1.82) is 0 Å². The van der Waals surface area contributed by atoms with Crippen molar-refractivity contribution < 1.29 is 4.74 Å². The molecule has 1 aliphatic carbocycles. The molecular weight excluding hydrogens is 787 g/mol. The highest BCUT2D eigenvalue weighted by Crippen LogP contribution is 2.59. The highest BCUT2D eigenvalue weighted by atomic mass is 16.5. The van der Waals surface area contributed by atoms with Gasteiger partial charge in [-0.2, -0.15) is 0 Å². The summed E-state index contributed by atoms with van der Waals surface area (Å²) in [6.07, 6.45) is 0. The van der Waals surface area contributed by atoms with E-state index in [4.69, 9.17) is 4.74 Å². The van der Waals surface area contributed by atoms with E-state index in [9.17, 15) is 0 Å². The maximum atomic E-state index is 7.00. The Morgan fingerprint density at radius 3 is 1.58 bits per heavy atom. The molecule has 3 aliphatic rings. The van der Waals surface area contributed by atoms with E-state index in [-0.39, 0.29) is 33.8 Å². The van der Waals surface area contributed by atoms with Crippen LogP contribution < -0.4 is 30.9 Å². The van der Waals surface area contributed by atoms with Gasteiger partial charge in [0.15, 0.2) is 0 Å². The van der Waals surface area contributed by atoms with E-state index < -0.39 is 0 Å². The Bertz CT molecular complexity index is 2940. The maximum Gasteiger partial charge on any atom is 0.256 e. The summed E-state index contributed by atoms with van der Waals surface area (Å²) in [5, 5.41) is 0. The topological polar surface area (TPSA) is 15.7 Å². The highest BCUT2D eigenvalue weighted by Gasteiger charge is 2.49. The normalized spacial score (nSPS) is 14.8. The Kier molecular flexibility index (Phi) is 9.58. The third-order valence-electron chi connectivity index (χ3n) is 14.5. The first-order valence-electron chi connectivity index (χ1n) is 23.7. The number of hydrogen-bond acceptors (Lipinski definition) is 3. The van der Waals surface area contributed by atoms with E-state index in [1.807, 2.05) is 0 Å². The molecule has 7 aromatic rings. The first kappa shape index (κ1) is 42.9. The van der Waals surface area contributed by atoms with Gasteiger partial charge in [0.25, 0.3) is 6.71 Å². The minimum absolute atomic E-state index is 0.0236. The van der Waals surface area contributed by atoms with Crippen molar-refractivity contribution in [2.75, 3.05) is 9.80 Å². The molecule has 0 N–H and O–H groups in total. The molecule has 7 aromatic carbocycles. The molecule has 3 nitrogen and oxygen atoms in total. The van der Waals surface area contributed by atoms with Crippen molar-refractivity contribution in [2.24, 2.45) is 0 Å². The van der Waals surface area contributed by atoms with Crippen LogP contribution in [-0.4, -0.2) is 6.71 Å². The van der Waals surface area contributed by atoms with E-state index in [1.165, 1.54) is 78.0 Å². The molecule has 10 rings (SSSR count). The molecule has 0 bridgehead atoms. The molecule has 0 spiro atoms. The van der Waals surface area contributed by atoms with Gasteiger partial charge in [0.1, 0.15) is 11.5 Å². The fraction of sp³-hybridized carbons (Fsp3) is 0.311. The zero-order valence-corrected chi connectivity index (χ0v) is 41.2. The standard InChI is InChI=1S/C61H65BN2O/c1-57(2,3)38-22-29-42(30-23-38)63(43-31-24-39(25-32-43)58(4,5)6)50-37-48-56(54-53(50)45-18-15-16-19-46(45)61(54,13)14)64(44-33-26-40(27-34-44)59(7,8)9)49-20-17-21-52-55(49)62(48)47-36-41(60(10,11)12)28-35-51(47)65-52/h15-37H,1-14H3. The molecule has 0 saturated carbocycles. The molecule has 2 heterocycles. The average Bonchev–Trinajstić information content (AvgIpc) is 3.49. The molecule has 0 unspecified atom stereocenters. The minimum Gasteiger partial charge on any atom is -0.458 e. The number of ether oxygens (including phenoxy) is 1. The number of hydrogen-bond donors (Lipinski definition) is 0. The van der Waals surface area contributed by atoms with Gasteiger partial charge in [-0.25, -0.2) is 0 Å². The summed E-state index contributed by atoms with van der Waals surface area (Å²) in [5.41, 5.74) is 21.0. The van der Waals surface area contributed by atoms with Gasteiger partial charge in [0, 0.05) is 39.4 Å². The van der Waals surface area contributed by atoms with Crippen LogP contribution in [0.15, 0.2) is 140 Å². The van der Waals surface area contributed by atoms with E-state index >= 15 is 0 Å². The quantitative estimate of drug-likeness (QED) is 0.164. The van der Waals surface area contributed by atoms with Crippen LogP contribution in [0.25, 0.3) is 11.1 Å². The predicted octanol–water partition coefficient (Wildman–Crippen LogP) is 15.1. The average molecular weight is 853 g/mol. The van der Waals surface area contributed by atoms with Crippen LogP contribution in [0.4, 0.5) is 34.1 Å². The second-order valence-electron chi connectivity index (χ2n) is 23.5. The third-order valence-corrected chi connectivity index (χ3v) is 14.5. The Morgan fingerprint density at radius 2 is 1.03 bits per heavy atom. The lowest BCUT2D eigenvalue weighted by Crippen LogP contribution is -2.60. The van der Waals surface area contributed by atoms with Gasteiger partial charge >= 0.3 is 0 Å². The molecular formula is C61H65BN2O. The third kappa shape index (κ3) is 6.93. The summed E-state index contributed by atoms with van der Waals surface area (Å²) in [4.78, 5) is 5.13. The summed E-state index contributed by atoms with van der Waals surface area (Å²) in [6, 6.07) is 53.4. The van der Waals surface area contributed by atoms with Gasteiger partial charge in [-0.3, -0.25) is 0 Å². The monoisotopic (exact) mass is 853 g/mol. The Hall–Kier alpha value is -6.00. The van der Waals surface area contributed by atoms with Crippen molar-refractivity contribution in [3.05, 3.63) is 173 Å². The summed E-state index contributed by atoms with van der Waals surface area (Å²) < 4.78 is 7.00. The van der Waals surface area contributed by atoms with E-state index in [0.29, 0.717) is 0 Å². The smallest absolute Gasteiger partial charge is 0.256 e. The largest absolute Gasteiger partial charge is 0.458 e. The fourth-order valence-electron chi connectivity index (χ4n) is 10.8. The lowest BCUT2D eigenvalue weighted by molar-refractivity contribution is 0.486. The fourth-order valence-corrected chi connectivity index (χ4v) is 10.8. The van der Waals surface area contributed by atoms with Gasteiger partial charge in [0.05, 0.1) is 5.69 Å². The van der Waals surface area contributed by atoms with Crippen LogP contribution in [0.2, 0.25) is 0 Å². The number of anilines is 6. The molecule has 0 aromatic heterocycles. The van der Waals surface area contributed by atoms with Crippen LogP contribution in [-0.2, 0) is 27.1 Å². The second kappa shape index (κ2) is 14.5. The summed E-state index contributed by atoms with van der Waals surface area (Å²) in [7, 11) is 0. The molecule has 65 heavy (non-hydrogen) atoms. The molecule has 4 heteroatoms. The molecule has 328 valence electrons. The summed E-state index contributed by atoms with van der Waals surface area (Å²) in [5.74, 6) is 1.85. The molecule has 0 amide bonds. The Morgan fingerprint density at radius 1 is 0.508 bits per heavy atom. The lowest BCUT2D eigenvalue weighted by atomic mass is 9.33. The second-order valence-corrected chi connectivity index (χ2v) is 23.5. The molecule has 0 radical (unpaired) electrons. The zero-order valence-electron chi connectivity index (χ0n) is 41.2. The number of benzene rings is 7. The van der Waals surface area contributed by atoms with Crippen molar-refractivity contribution >= 4 is 57.2 Å². The van der Waals surface area contributed by atoms with Crippen LogP contribution in [0.5, 0.6) is 11.5 Å². The van der Waals surface area contributed by atoms with Crippen LogP contribution in [0, 0.1) is 0 Å². The van der Waals surface area contributed by atoms with Gasteiger partial charge in [-0.15, -0.1) is 0 Å². The van der Waals surface area contributed by atoms with E-state index in [0.717, 1.165) is 28.6 Å². The van der Waals surface area contributed by atoms with Crippen molar-refractivity contribution in [2.45, 2.75) is 124 Å². The predicted molar refractivity (Wildman–Crippen MR) is 279 cm³/mol. The first-order chi connectivity index (χ1) is 30.5. The Balaban J connectivity index is 1.36. The molecule has 0 fully saturated rings. The van der Waals surface area contributed by atoms with Gasteiger partial charge in [-0.1, -0.05) is 176 Å². The molecule has 0 saturated heterocycles. The number of nitrogens with zero attached hydrogens (tertiary/aromatic N) is 2. The maximum absolute atomic E-state index is 7.00. The summed E-state index contributed by atoms with van der Waals surface area (Å²) >= 11 is 0. The van der Waals surface area contributed by atoms with Gasteiger partial charge in [0.2, 0.25) is 0 Å². The lowest BCUT2D eigenvalue weighted by Gasteiger charge is -2.44. The number of fused-ring (bicyclic) bond motifs is 8. The first-order valence-corrected chi connectivity index (χ1v) is 23.7. The van der Waals surface area contributed by atoms with Crippen LogP contribution >= 0.6 is 0 Å². The Labute approximate surface area is 389 Å². The molecule has 0 atom stereocenters. The van der Waals surface area contributed by atoms with E-state index in [1.54, 1.807) is 0 Å². The minimum atomic E-state index is -0.343. The number of rotatable bonds is 4. The molecule has 2 aliphatic heterocycles. The van der Waals surface area contributed by atoms with E-state index in [2.05, 4.69) is 246 Å². The van der Waals surface area contributed by atoms with Gasteiger partial charge < -0.3 is 14.5 Å². The van der Waals surface area contributed by atoms with Crippen molar-refractivity contribution in [1.82, 2.24) is 0 Å². The van der Waals surface area contributed by atoms with Crippen molar-refractivity contribution in [3.63, 3.8) is 0 Å². The summed E-state index contributed by atoms with van der Waals surface area (Å²) in [6.45, 7) is 32.4. The van der Waals surface area contributed by atoms with Gasteiger partial charge in [-0.05, 0) is 138 Å². The zero-order chi connectivity index (χ0) is 46.2. The van der Waals surface area contributed by atoms with Crippen molar-refractivity contribution in [3.8, 4) is 22.6 Å². The highest BCUT2D eigenvalue weighted by molar-refractivity contribution is 6.99.